The quantitative estimate of drug-likeness (QED) is 0.125. The molecular weight excluding hydrogens is 566 g/mol. The molecule has 14 nitrogen and oxygen atoms in total. The van der Waals surface area contributed by atoms with E-state index < -0.39 is 17.6 Å². The summed E-state index contributed by atoms with van der Waals surface area (Å²) in [6.45, 7) is 2.25. The fraction of sp³-hybridized carbons (Fsp3) is 0.333. The lowest BCUT2D eigenvalue weighted by atomic mass is 9.81. The minimum Gasteiger partial charge on any atom is -0.494 e. The lowest BCUT2D eigenvalue weighted by Gasteiger charge is -2.35. The molecule has 2 aliphatic heterocycles. The van der Waals surface area contributed by atoms with Gasteiger partial charge in [-0.1, -0.05) is 58.8 Å². The number of amides is 1. The van der Waals surface area contributed by atoms with Crippen LogP contribution in [0.3, 0.4) is 0 Å². The molecule has 1 saturated heterocycles. The largest absolute Gasteiger partial charge is 0.494 e. The van der Waals surface area contributed by atoms with Gasteiger partial charge in [0, 0.05) is 64.9 Å². The first-order valence-corrected chi connectivity index (χ1v) is 14.1. The SMILES string of the molecule is [N-]=[N+]=Nc1ccccc1C[C@]1(C(=O)NN2CCOCC2)N=C(c2ccc(OCCCO)cc2)O[C@H]1c1ccccc1N=[N+]=[N-]. The summed E-state index contributed by atoms with van der Waals surface area (Å²) in [5.41, 5.74) is 22.2. The Balaban J connectivity index is 1.64. The molecule has 2 N–H and O–H groups in total. The molecule has 1 fully saturated rings. The minimum absolute atomic E-state index is 0.000506. The molecule has 44 heavy (non-hydrogen) atoms. The van der Waals surface area contributed by atoms with Gasteiger partial charge >= 0.3 is 0 Å². The maximum absolute atomic E-state index is 14.5. The van der Waals surface area contributed by atoms with Crippen LogP contribution in [0.4, 0.5) is 11.4 Å². The van der Waals surface area contributed by atoms with Crippen molar-refractivity contribution in [1.82, 2.24) is 10.4 Å². The van der Waals surface area contributed by atoms with E-state index in [-0.39, 0.29) is 24.6 Å². The number of hydrogen-bond donors (Lipinski definition) is 2. The molecule has 2 aliphatic rings. The van der Waals surface area contributed by atoms with Gasteiger partial charge in [0.05, 0.1) is 19.8 Å². The number of morpholine rings is 1. The zero-order chi connectivity index (χ0) is 30.8. The second-order valence-electron chi connectivity index (χ2n) is 10.1. The van der Waals surface area contributed by atoms with Crippen LogP contribution in [0.15, 0.2) is 88.0 Å². The van der Waals surface area contributed by atoms with Gasteiger partial charge in [-0.3, -0.25) is 10.2 Å². The maximum atomic E-state index is 14.5. The Hall–Kier alpha value is -5.10. The molecular formula is C30H31N9O5. The van der Waals surface area contributed by atoms with E-state index >= 15 is 0 Å². The normalized spacial score (nSPS) is 19.6. The smallest absolute Gasteiger partial charge is 0.266 e. The van der Waals surface area contributed by atoms with Crippen molar-refractivity contribution in [1.29, 1.82) is 0 Å². The van der Waals surface area contributed by atoms with Crippen LogP contribution in [0.1, 0.15) is 29.2 Å². The van der Waals surface area contributed by atoms with Crippen LogP contribution in [0, 0.1) is 0 Å². The predicted octanol–water partition coefficient (Wildman–Crippen LogP) is 5.19. The topological polar surface area (TPSA) is 190 Å². The van der Waals surface area contributed by atoms with Gasteiger partial charge in [0.2, 0.25) is 5.90 Å². The summed E-state index contributed by atoms with van der Waals surface area (Å²) < 4.78 is 17.7. The molecule has 14 heteroatoms. The van der Waals surface area contributed by atoms with Gasteiger partial charge in [0.25, 0.3) is 5.91 Å². The van der Waals surface area contributed by atoms with Gasteiger partial charge in [-0.25, -0.2) is 10.0 Å². The van der Waals surface area contributed by atoms with E-state index in [2.05, 4.69) is 25.5 Å². The average molecular weight is 598 g/mol. The van der Waals surface area contributed by atoms with E-state index in [9.17, 15) is 15.9 Å². The molecule has 1 amide bonds. The molecule has 0 aliphatic carbocycles. The first kappa shape index (κ1) is 30.4. The number of aliphatic imine (C=N–C) groups is 1. The van der Waals surface area contributed by atoms with E-state index in [1.54, 1.807) is 77.8 Å². The van der Waals surface area contributed by atoms with Crippen LogP contribution < -0.4 is 10.2 Å². The Bertz CT molecular complexity index is 1600. The highest BCUT2D eigenvalue weighted by molar-refractivity contribution is 6.01. The van der Waals surface area contributed by atoms with Crippen molar-refractivity contribution in [3.8, 4) is 5.75 Å². The summed E-state index contributed by atoms with van der Waals surface area (Å²) in [5, 5.41) is 18.6. The van der Waals surface area contributed by atoms with Gasteiger partial charge in [-0.15, -0.1) is 0 Å². The van der Waals surface area contributed by atoms with Crippen molar-refractivity contribution >= 4 is 23.2 Å². The average Bonchev–Trinajstić information content (AvgIpc) is 3.44. The van der Waals surface area contributed by atoms with Crippen molar-refractivity contribution in [3.05, 3.63) is 110 Å². The molecule has 5 rings (SSSR count). The second kappa shape index (κ2) is 14.4. The number of carbonyl (C=O) groups excluding carboxylic acids is 1. The van der Waals surface area contributed by atoms with Crippen LogP contribution in [-0.2, 0) is 20.7 Å². The first-order chi connectivity index (χ1) is 21.6. The Morgan fingerprint density at radius 3 is 2.43 bits per heavy atom. The summed E-state index contributed by atoms with van der Waals surface area (Å²) in [4.78, 5) is 25.5. The van der Waals surface area contributed by atoms with E-state index in [1.807, 2.05) is 0 Å². The molecule has 226 valence electrons. The van der Waals surface area contributed by atoms with E-state index in [4.69, 9.17) is 24.3 Å². The van der Waals surface area contributed by atoms with Gasteiger partial charge in [0.15, 0.2) is 11.6 Å². The van der Waals surface area contributed by atoms with E-state index in [1.165, 1.54) is 0 Å². The Morgan fingerprint density at radius 2 is 1.70 bits per heavy atom. The number of hydrazine groups is 1. The maximum Gasteiger partial charge on any atom is 0.266 e. The Morgan fingerprint density at radius 1 is 1.02 bits per heavy atom. The fourth-order valence-electron chi connectivity index (χ4n) is 5.12. The van der Waals surface area contributed by atoms with Gasteiger partial charge < -0.3 is 19.3 Å². The summed E-state index contributed by atoms with van der Waals surface area (Å²) in [5.74, 6) is 0.353. The summed E-state index contributed by atoms with van der Waals surface area (Å²) in [7, 11) is 0. The van der Waals surface area contributed by atoms with Crippen molar-refractivity contribution in [2.45, 2.75) is 24.5 Å². The number of nitrogens with zero attached hydrogens (tertiary/aromatic N) is 8. The summed E-state index contributed by atoms with van der Waals surface area (Å²) in [6.07, 6.45) is -0.527. The lowest BCUT2D eigenvalue weighted by Crippen LogP contribution is -2.57. The standard InChI is InChI=1S/C30H31N9O5/c31-37-34-25-8-3-1-6-22(25)20-30(29(41)36-39-14-18-42-19-15-39)27(24-7-2-4-9-26(24)35-38-32)44-28(33-30)21-10-12-23(13-11-21)43-17-5-16-40/h1-4,6-13,27,40H,5,14-20H2,(H,36,41)/t27-,30-/m0/s1. The number of nitrogens with one attached hydrogen (secondary N) is 1. The number of benzene rings is 3. The third-order valence-corrected chi connectivity index (χ3v) is 7.28. The molecule has 0 unspecified atom stereocenters. The zero-order valence-electron chi connectivity index (χ0n) is 23.8. The highest BCUT2D eigenvalue weighted by Gasteiger charge is 2.54. The molecule has 0 aromatic heterocycles. The summed E-state index contributed by atoms with van der Waals surface area (Å²) >= 11 is 0. The predicted molar refractivity (Wildman–Crippen MR) is 161 cm³/mol. The van der Waals surface area contributed by atoms with E-state index in [0.717, 1.165) is 0 Å². The van der Waals surface area contributed by atoms with Gasteiger partial charge in [-0.2, -0.15) is 0 Å². The number of aliphatic hydroxyl groups is 1. The molecule has 0 spiro atoms. The number of carbonyl (C=O) groups is 1. The Labute approximate surface area is 253 Å². The number of rotatable bonds is 12. The number of aliphatic hydroxyl groups excluding tert-OH is 1. The van der Waals surface area contributed by atoms with Crippen molar-refractivity contribution in [2.24, 2.45) is 15.2 Å². The number of hydrogen-bond acceptors (Lipinski definition) is 9. The van der Waals surface area contributed by atoms with Gasteiger partial charge in [0.1, 0.15) is 5.75 Å². The number of ether oxygens (including phenoxy) is 3. The molecule has 0 radical (unpaired) electrons. The zero-order valence-corrected chi connectivity index (χ0v) is 23.8. The van der Waals surface area contributed by atoms with Gasteiger partial charge in [-0.05, 0) is 40.9 Å². The highest BCUT2D eigenvalue weighted by atomic mass is 16.5. The minimum atomic E-state index is -1.62. The molecule has 0 saturated carbocycles. The number of azide groups is 2. The van der Waals surface area contributed by atoms with Crippen molar-refractivity contribution in [2.75, 3.05) is 39.5 Å². The molecule has 2 atom stereocenters. The monoisotopic (exact) mass is 597 g/mol. The van der Waals surface area contributed by atoms with Crippen molar-refractivity contribution in [3.63, 3.8) is 0 Å². The Kier molecular flexibility index (Phi) is 9.92. The second-order valence-corrected chi connectivity index (χ2v) is 10.1. The van der Waals surface area contributed by atoms with Crippen LogP contribution in [0.2, 0.25) is 0 Å². The molecule has 3 aromatic rings. The molecule has 0 bridgehead atoms. The van der Waals surface area contributed by atoms with Crippen LogP contribution >= 0.6 is 0 Å². The fourth-order valence-corrected chi connectivity index (χ4v) is 5.12. The van der Waals surface area contributed by atoms with Crippen LogP contribution in [0.5, 0.6) is 5.75 Å². The van der Waals surface area contributed by atoms with Crippen LogP contribution in [0.25, 0.3) is 20.9 Å². The van der Waals surface area contributed by atoms with Crippen LogP contribution in [-0.4, -0.2) is 67.0 Å². The molecule has 2 heterocycles. The van der Waals surface area contributed by atoms with Crippen molar-refractivity contribution < 1.29 is 24.1 Å². The highest BCUT2D eigenvalue weighted by Crippen LogP contribution is 2.46. The molecule has 3 aromatic carbocycles. The lowest BCUT2D eigenvalue weighted by molar-refractivity contribution is -0.136. The van der Waals surface area contributed by atoms with E-state index in [0.29, 0.717) is 67.5 Å². The summed E-state index contributed by atoms with van der Waals surface area (Å²) in [6, 6.07) is 20.9. The third-order valence-electron chi connectivity index (χ3n) is 7.28. The third kappa shape index (κ3) is 6.76. The first-order valence-electron chi connectivity index (χ1n) is 14.1.